The molecule has 2 aromatic rings. The van der Waals surface area contributed by atoms with Crippen LogP contribution in [0, 0.1) is 15.9 Å². The van der Waals surface area contributed by atoms with Gasteiger partial charge >= 0.3 is 5.97 Å². The van der Waals surface area contributed by atoms with Crippen molar-refractivity contribution in [1.82, 2.24) is 0 Å². The molecule has 0 radical (unpaired) electrons. The molecule has 0 aromatic heterocycles. The predicted octanol–water partition coefficient (Wildman–Crippen LogP) is 3.15. The highest BCUT2D eigenvalue weighted by Crippen LogP contribution is 2.22. The largest absolute Gasteiger partial charge is 0.449 e. The standard InChI is InChI=1S/C16H13ClFN3O5/c1-8(15(22)20-9-2-5-13(18)12(17)6-9)26-16(23)11-4-3-10(21(24)25)7-14(11)19/h2-8H,19H2,1H3,(H,20,22)/t8-/m0/s1. The van der Waals surface area contributed by atoms with Gasteiger partial charge in [-0.15, -0.1) is 0 Å². The van der Waals surface area contributed by atoms with Crippen molar-refractivity contribution >= 4 is 40.5 Å². The van der Waals surface area contributed by atoms with Gasteiger partial charge in [0.15, 0.2) is 6.10 Å². The van der Waals surface area contributed by atoms with Crippen LogP contribution < -0.4 is 11.1 Å². The maximum Gasteiger partial charge on any atom is 0.341 e. The average molecular weight is 382 g/mol. The van der Waals surface area contributed by atoms with Crippen molar-refractivity contribution in [2.24, 2.45) is 0 Å². The highest BCUT2D eigenvalue weighted by Gasteiger charge is 2.22. The van der Waals surface area contributed by atoms with E-state index in [1.54, 1.807) is 0 Å². The van der Waals surface area contributed by atoms with Crippen molar-refractivity contribution < 1.29 is 23.6 Å². The number of nitro benzene ring substituents is 1. The number of anilines is 2. The van der Waals surface area contributed by atoms with E-state index in [4.69, 9.17) is 22.1 Å². The van der Waals surface area contributed by atoms with Gasteiger partial charge in [-0.2, -0.15) is 0 Å². The molecule has 10 heteroatoms. The fraction of sp³-hybridized carbons (Fsp3) is 0.125. The Hall–Kier alpha value is -3.20. The summed E-state index contributed by atoms with van der Waals surface area (Å²) in [7, 11) is 0. The van der Waals surface area contributed by atoms with Gasteiger partial charge in [0.05, 0.1) is 21.2 Å². The Balaban J connectivity index is 2.05. The van der Waals surface area contributed by atoms with E-state index in [2.05, 4.69) is 5.32 Å². The molecule has 26 heavy (non-hydrogen) atoms. The molecule has 0 spiro atoms. The average Bonchev–Trinajstić information content (AvgIpc) is 2.57. The number of esters is 1. The first kappa shape index (κ1) is 19.1. The van der Waals surface area contributed by atoms with Crippen molar-refractivity contribution in [3.05, 3.63) is 62.9 Å². The molecule has 0 aliphatic rings. The van der Waals surface area contributed by atoms with Crippen LogP contribution in [0.2, 0.25) is 5.02 Å². The van der Waals surface area contributed by atoms with E-state index in [9.17, 15) is 24.1 Å². The molecule has 0 aliphatic heterocycles. The molecule has 0 saturated heterocycles. The van der Waals surface area contributed by atoms with Crippen LogP contribution in [0.4, 0.5) is 21.5 Å². The van der Waals surface area contributed by atoms with E-state index >= 15 is 0 Å². The van der Waals surface area contributed by atoms with Crippen molar-refractivity contribution in [3.63, 3.8) is 0 Å². The molecule has 0 saturated carbocycles. The van der Waals surface area contributed by atoms with Crippen LogP contribution in [0.5, 0.6) is 0 Å². The molecular formula is C16H13ClFN3O5. The minimum Gasteiger partial charge on any atom is -0.449 e. The quantitative estimate of drug-likeness (QED) is 0.355. The Morgan fingerprint density at radius 1 is 1.31 bits per heavy atom. The zero-order chi connectivity index (χ0) is 19.4. The number of amides is 1. The number of nitrogens with one attached hydrogen (secondary N) is 1. The summed E-state index contributed by atoms with van der Waals surface area (Å²) in [5.41, 5.74) is 5.29. The SMILES string of the molecule is C[C@H](OC(=O)c1ccc([N+](=O)[O-])cc1N)C(=O)Nc1ccc(F)c(Cl)c1. The summed E-state index contributed by atoms with van der Waals surface area (Å²) in [5.74, 6) is -2.24. The second-order valence-corrected chi connectivity index (χ2v) is 5.60. The number of nitrogens with two attached hydrogens (primary N) is 1. The maximum atomic E-state index is 13.1. The number of benzene rings is 2. The normalized spacial score (nSPS) is 11.5. The van der Waals surface area contributed by atoms with E-state index in [0.29, 0.717) is 0 Å². The minimum absolute atomic E-state index is 0.111. The molecule has 0 bridgehead atoms. The molecule has 0 unspecified atom stereocenters. The second-order valence-electron chi connectivity index (χ2n) is 5.19. The summed E-state index contributed by atoms with van der Waals surface area (Å²) in [6.45, 7) is 1.32. The highest BCUT2D eigenvalue weighted by atomic mass is 35.5. The van der Waals surface area contributed by atoms with E-state index in [0.717, 1.165) is 24.3 Å². The Labute approximate surface area is 151 Å². The first-order valence-corrected chi connectivity index (χ1v) is 7.57. The first-order chi connectivity index (χ1) is 12.2. The van der Waals surface area contributed by atoms with Gasteiger partial charge in [-0.05, 0) is 31.2 Å². The van der Waals surface area contributed by atoms with Gasteiger partial charge < -0.3 is 15.8 Å². The van der Waals surface area contributed by atoms with Crippen LogP contribution >= 0.6 is 11.6 Å². The topological polar surface area (TPSA) is 125 Å². The monoisotopic (exact) mass is 381 g/mol. The van der Waals surface area contributed by atoms with E-state index in [-0.39, 0.29) is 27.6 Å². The third kappa shape index (κ3) is 4.45. The smallest absolute Gasteiger partial charge is 0.341 e. The Bertz CT molecular complexity index is 890. The third-order valence-electron chi connectivity index (χ3n) is 3.31. The van der Waals surface area contributed by atoms with E-state index in [1.807, 2.05) is 0 Å². The van der Waals surface area contributed by atoms with Crippen LogP contribution in [0.25, 0.3) is 0 Å². The lowest BCUT2D eigenvalue weighted by Crippen LogP contribution is -2.30. The number of ether oxygens (including phenoxy) is 1. The van der Waals surface area contributed by atoms with Crippen molar-refractivity contribution in [3.8, 4) is 0 Å². The van der Waals surface area contributed by atoms with Gasteiger partial charge in [-0.1, -0.05) is 11.6 Å². The van der Waals surface area contributed by atoms with Crippen LogP contribution in [-0.2, 0) is 9.53 Å². The molecule has 0 fully saturated rings. The predicted molar refractivity (Wildman–Crippen MR) is 92.4 cm³/mol. The van der Waals surface area contributed by atoms with E-state index < -0.39 is 28.7 Å². The molecule has 2 rings (SSSR count). The van der Waals surface area contributed by atoms with Crippen molar-refractivity contribution in [2.75, 3.05) is 11.1 Å². The van der Waals surface area contributed by atoms with Gasteiger partial charge in [0.2, 0.25) is 0 Å². The van der Waals surface area contributed by atoms with Crippen LogP contribution in [0.1, 0.15) is 17.3 Å². The molecule has 1 atom stereocenters. The summed E-state index contributed by atoms with van der Waals surface area (Å²) >= 11 is 5.62. The maximum absolute atomic E-state index is 13.1. The number of non-ortho nitro benzene ring substituents is 1. The molecule has 8 nitrogen and oxygen atoms in total. The Morgan fingerprint density at radius 3 is 2.58 bits per heavy atom. The fourth-order valence-electron chi connectivity index (χ4n) is 1.94. The first-order valence-electron chi connectivity index (χ1n) is 7.20. The van der Waals surface area contributed by atoms with Crippen molar-refractivity contribution in [1.29, 1.82) is 0 Å². The summed E-state index contributed by atoms with van der Waals surface area (Å²) in [4.78, 5) is 34.2. The molecule has 0 heterocycles. The lowest BCUT2D eigenvalue weighted by molar-refractivity contribution is -0.384. The number of nitro groups is 1. The number of carbonyl (C=O) groups excluding carboxylic acids is 2. The van der Waals surface area contributed by atoms with Crippen LogP contribution in [0.3, 0.4) is 0 Å². The lowest BCUT2D eigenvalue weighted by Gasteiger charge is -2.14. The summed E-state index contributed by atoms with van der Waals surface area (Å²) < 4.78 is 18.1. The number of carbonyl (C=O) groups is 2. The molecule has 2 aromatic carbocycles. The van der Waals surface area contributed by atoms with Gasteiger partial charge in [0, 0.05) is 17.8 Å². The lowest BCUT2D eigenvalue weighted by atomic mass is 10.1. The third-order valence-corrected chi connectivity index (χ3v) is 3.60. The van der Waals surface area contributed by atoms with Crippen molar-refractivity contribution in [2.45, 2.75) is 13.0 Å². The van der Waals surface area contributed by atoms with Crippen LogP contribution in [0.15, 0.2) is 36.4 Å². The number of nitrogens with zero attached hydrogens (tertiary/aromatic N) is 1. The number of nitrogen functional groups attached to an aromatic ring is 1. The molecule has 1 amide bonds. The van der Waals surface area contributed by atoms with Crippen LogP contribution in [-0.4, -0.2) is 22.9 Å². The molecular weight excluding hydrogens is 369 g/mol. The number of hydrogen-bond acceptors (Lipinski definition) is 6. The van der Waals surface area contributed by atoms with E-state index in [1.165, 1.54) is 19.1 Å². The summed E-state index contributed by atoms with van der Waals surface area (Å²) in [5, 5.41) is 12.9. The number of hydrogen-bond donors (Lipinski definition) is 2. The number of rotatable bonds is 5. The fourth-order valence-corrected chi connectivity index (χ4v) is 2.13. The zero-order valence-corrected chi connectivity index (χ0v) is 14.1. The highest BCUT2D eigenvalue weighted by molar-refractivity contribution is 6.31. The van der Waals surface area contributed by atoms with Gasteiger partial charge in [-0.25, -0.2) is 9.18 Å². The van der Waals surface area contributed by atoms with Gasteiger partial charge in [0.1, 0.15) is 5.82 Å². The van der Waals surface area contributed by atoms with Gasteiger partial charge in [-0.3, -0.25) is 14.9 Å². The molecule has 0 aliphatic carbocycles. The zero-order valence-electron chi connectivity index (χ0n) is 13.4. The number of halogens is 2. The second kappa shape index (κ2) is 7.79. The molecule has 3 N–H and O–H groups in total. The minimum atomic E-state index is -1.21. The summed E-state index contributed by atoms with van der Waals surface area (Å²) in [6.07, 6.45) is -1.21. The Morgan fingerprint density at radius 2 is 2.00 bits per heavy atom. The summed E-state index contributed by atoms with van der Waals surface area (Å²) in [6, 6.07) is 6.83. The Kier molecular flexibility index (Phi) is 5.73. The molecule has 136 valence electrons. The van der Waals surface area contributed by atoms with Gasteiger partial charge in [0.25, 0.3) is 11.6 Å².